The Hall–Kier alpha value is -3.35. The van der Waals surface area contributed by atoms with Crippen LogP contribution in [0.2, 0.25) is 0 Å². The highest BCUT2D eigenvalue weighted by molar-refractivity contribution is 6.28. The zero-order valence-corrected chi connectivity index (χ0v) is 14.4. The van der Waals surface area contributed by atoms with E-state index in [2.05, 4.69) is 0 Å². The van der Waals surface area contributed by atoms with E-state index in [9.17, 15) is 14.4 Å². The molecule has 0 atom stereocenters. The van der Waals surface area contributed by atoms with Crippen molar-refractivity contribution < 1.29 is 23.2 Å². The number of carbonyl (C=O) groups excluding carboxylic acids is 3. The van der Waals surface area contributed by atoms with E-state index in [4.69, 9.17) is 8.83 Å². The third kappa shape index (κ3) is 3.37. The van der Waals surface area contributed by atoms with E-state index in [0.717, 1.165) is 9.80 Å². The zero-order valence-electron chi connectivity index (χ0n) is 14.4. The first-order valence-corrected chi connectivity index (χ1v) is 8.12. The predicted octanol–water partition coefficient (Wildman–Crippen LogP) is 3.21. The van der Waals surface area contributed by atoms with Gasteiger partial charge in [-0.15, -0.1) is 0 Å². The molecule has 1 aliphatic heterocycles. The number of carbonyl (C=O) groups is 3. The number of imide groups is 2. The number of furan rings is 2. The molecular formula is C19H18N2O5. The summed E-state index contributed by atoms with van der Waals surface area (Å²) in [7, 11) is 0. The Morgan fingerprint density at radius 2 is 1.77 bits per heavy atom. The van der Waals surface area contributed by atoms with Gasteiger partial charge in [0.1, 0.15) is 17.1 Å². The fraction of sp³-hybridized carbons (Fsp3) is 0.211. The number of allylic oxidation sites excluding steroid dienone is 2. The van der Waals surface area contributed by atoms with E-state index >= 15 is 0 Å². The van der Waals surface area contributed by atoms with Crippen molar-refractivity contribution in [3.8, 4) is 0 Å². The Bertz CT molecular complexity index is 860. The maximum Gasteiger partial charge on any atom is 0.334 e. The average Bonchev–Trinajstić information content (AvgIpc) is 3.28. The van der Waals surface area contributed by atoms with Crippen molar-refractivity contribution in [3.05, 3.63) is 66.0 Å². The summed E-state index contributed by atoms with van der Waals surface area (Å²) in [6, 6.07) is 5.76. The highest BCUT2D eigenvalue weighted by Gasteiger charge is 2.43. The SMILES string of the molecule is CC(C)N1C(=O)/C(=C/C=C\c2ccco2)C(=O)N(Cc2ccco2)C1=O. The van der Waals surface area contributed by atoms with Gasteiger partial charge in [-0.05, 0) is 50.3 Å². The van der Waals surface area contributed by atoms with E-state index in [1.807, 2.05) is 0 Å². The normalized spacial score (nSPS) is 17.3. The third-order valence-electron chi connectivity index (χ3n) is 3.84. The van der Waals surface area contributed by atoms with Crippen LogP contribution in [0.5, 0.6) is 0 Å². The van der Waals surface area contributed by atoms with Crippen molar-refractivity contribution in [1.82, 2.24) is 9.80 Å². The molecule has 0 N–H and O–H groups in total. The predicted molar refractivity (Wildman–Crippen MR) is 92.5 cm³/mol. The van der Waals surface area contributed by atoms with Gasteiger partial charge < -0.3 is 8.83 Å². The van der Waals surface area contributed by atoms with Gasteiger partial charge in [0.15, 0.2) is 0 Å². The Balaban J connectivity index is 1.92. The fourth-order valence-electron chi connectivity index (χ4n) is 2.59. The summed E-state index contributed by atoms with van der Waals surface area (Å²) in [5.41, 5.74) is -0.0901. The van der Waals surface area contributed by atoms with Crippen LogP contribution in [0.3, 0.4) is 0 Å². The smallest absolute Gasteiger partial charge is 0.334 e. The summed E-state index contributed by atoms with van der Waals surface area (Å²) in [6.45, 7) is 3.39. The van der Waals surface area contributed by atoms with E-state index in [1.54, 1.807) is 50.3 Å². The minimum Gasteiger partial charge on any atom is -0.467 e. The van der Waals surface area contributed by atoms with E-state index in [-0.39, 0.29) is 18.2 Å². The van der Waals surface area contributed by atoms with E-state index in [1.165, 1.54) is 18.6 Å². The number of hydrogen-bond acceptors (Lipinski definition) is 5. The van der Waals surface area contributed by atoms with Crippen LogP contribution < -0.4 is 0 Å². The Kier molecular flexibility index (Phi) is 4.88. The summed E-state index contributed by atoms with van der Waals surface area (Å²) in [5.74, 6) is -0.232. The summed E-state index contributed by atoms with van der Waals surface area (Å²) >= 11 is 0. The molecule has 0 spiro atoms. The molecule has 0 aliphatic carbocycles. The molecule has 3 heterocycles. The number of rotatable bonds is 5. The van der Waals surface area contributed by atoms with Gasteiger partial charge in [0, 0.05) is 6.04 Å². The van der Waals surface area contributed by atoms with Crippen LogP contribution >= 0.6 is 0 Å². The molecule has 1 saturated heterocycles. The van der Waals surface area contributed by atoms with Crippen LogP contribution in [0, 0.1) is 0 Å². The lowest BCUT2D eigenvalue weighted by atomic mass is 10.1. The molecule has 0 unspecified atom stereocenters. The summed E-state index contributed by atoms with van der Waals surface area (Å²) in [6.07, 6.45) is 7.55. The van der Waals surface area contributed by atoms with Gasteiger partial charge in [-0.2, -0.15) is 0 Å². The van der Waals surface area contributed by atoms with Gasteiger partial charge in [-0.1, -0.05) is 6.08 Å². The fourth-order valence-corrected chi connectivity index (χ4v) is 2.59. The second-order valence-corrected chi connectivity index (χ2v) is 5.98. The zero-order chi connectivity index (χ0) is 18.7. The first-order chi connectivity index (χ1) is 12.5. The van der Waals surface area contributed by atoms with Gasteiger partial charge in [-0.3, -0.25) is 19.4 Å². The minimum atomic E-state index is -0.655. The molecule has 0 aromatic carbocycles. The van der Waals surface area contributed by atoms with E-state index in [0.29, 0.717) is 11.5 Å². The molecule has 0 radical (unpaired) electrons. The van der Waals surface area contributed by atoms with Crippen LogP contribution in [-0.2, 0) is 16.1 Å². The highest BCUT2D eigenvalue weighted by atomic mass is 16.3. The molecule has 0 bridgehead atoms. The van der Waals surface area contributed by atoms with Crippen LogP contribution in [-0.4, -0.2) is 33.7 Å². The van der Waals surface area contributed by atoms with Crippen molar-refractivity contribution in [2.24, 2.45) is 0 Å². The molecule has 2 aromatic heterocycles. The average molecular weight is 354 g/mol. The molecule has 1 fully saturated rings. The van der Waals surface area contributed by atoms with Crippen molar-refractivity contribution in [2.45, 2.75) is 26.4 Å². The number of hydrogen-bond donors (Lipinski definition) is 0. The maximum absolute atomic E-state index is 12.7. The Labute approximate surface area is 150 Å². The number of nitrogens with zero attached hydrogens (tertiary/aromatic N) is 2. The van der Waals surface area contributed by atoms with Crippen LogP contribution in [0.25, 0.3) is 6.08 Å². The molecular weight excluding hydrogens is 336 g/mol. The molecule has 2 aromatic rings. The van der Waals surface area contributed by atoms with E-state index < -0.39 is 17.8 Å². The standard InChI is InChI=1S/C19H18N2O5/c1-13(2)21-18(23)16(9-3-6-14-7-4-10-25-14)17(22)20(19(21)24)12-15-8-5-11-26-15/h3-11,13H,12H2,1-2H3/b6-3-,16-9+. The molecule has 4 amide bonds. The Morgan fingerprint density at radius 1 is 1.04 bits per heavy atom. The number of amides is 4. The van der Waals surface area contributed by atoms with Crippen LogP contribution in [0.1, 0.15) is 25.4 Å². The van der Waals surface area contributed by atoms with Gasteiger partial charge in [0.25, 0.3) is 11.8 Å². The van der Waals surface area contributed by atoms with Gasteiger partial charge in [0.2, 0.25) is 0 Å². The second-order valence-electron chi connectivity index (χ2n) is 5.98. The lowest BCUT2D eigenvalue weighted by molar-refractivity contribution is -0.137. The molecule has 7 heteroatoms. The minimum absolute atomic E-state index is 0.0413. The maximum atomic E-state index is 12.7. The first kappa shape index (κ1) is 17.5. The summed E-state index contributed by atoms with van der Waals surface area (Å²) < 4.78 is 10.4. The summed E-state index contributed by atoms with van der Waals surface area (Å²) in [4.78, 5) is 40.1. The molecule has 3 rings (SSSR count). The number of urea groups is 1. The van der Waals surface area contributed by atoms with Crippen molar-refractivity contribution in [1.29, 1.82) is 0 Å². The first-order valence-electron chi connectivity index (χ1n) is 8.12. The number of barbiturate groups is 1. The van der Waals surface area contributed by atoms with Crippen molar-refractivity contribution >= 4 is 23.9 Å². The molecule has 7 nitrogen and oxygen atoms in total. The topological polar surface area (TPSA) is 84.0 Å². The Morgan fingerprint density at radius 3 is 2.38 bits per heavy atom. The van der Waals surface area contributed by atoms with Gasteiger partial charge >= 0.3 is 6.03 Å². The van der Waals surface area contributed by atoms with Gasteiger partial charge in [0.05, 0.1) is 19.1 Å². The lowest BCUT2D eigenvalue weighted by Gasteiger charge is -2.35. The summed E-state index contributed by atoms with van der Waals surface area (Å²) in [5, 5.41) is 0. The van der Waals surface area contributed by atoms with Gasteiger partial charge in [-0.25, -0.2) is 4.79 Å². The molecule has 0 saturated carbocycles. The molecule has 1 aliphatic rings. The lowest BCUT2D eigenvalue weighted by Crippen LogP contribution is -2.58. The largest absolute Gasteiger partial charge is 0.467 e. The van der Waals surface area contributed by atoms with Crippen molar-refractivity contribution in [2.75, 3.05) is 0 Å². The van der Waals surface area contributed by atoms with Crippen LogP contribution in [0.15, 0.2) is 63.4 Å². The highest BCUT2D eigenvalue weighted by Crippen LogP contribution is 2.22. The monoisotopic (exact) mass is 354 g/mol. The molecule has 26 heavy (non-hydrogen) atoms. The third-order valence-corrected chi connectivity index (χ3v) is 3.84. The quantitative estimate of drug-likeness (QED) is 0.608. The second kappa shape index (κ2) is 7.26. The molecule has 134 valence electrons. The van der Waals surface area contributed by atoms with Crippen molar-refractivity contribution in [3.63, 3.8) is 0 Å². The van der Waals surface area contributed by atoms with Crippen LogP contribution in [0.4, 0.5) is 4.79 Å².